The summed E-state index contributed by atoms with van der Waals surface area (Å²) < 4.78 is 1.51. The van der Waals surface area contributed by atoms with Crippen molar-refractivity contribution in [3.63, 3.8) is 0 Å². The summed E-state index contributed by atoms with van der Waals surface area (Å²) >= 11 is 0.770. The summed E-state index contributed by atoms with van der Waals surface area (Å²) in [6.45, 7) is 1.13. The van der Waals surface area contributed by atoms with Gasteiger partial charge in [0.05, 0.1) is 12.1 Å². The third kappa shape index (κ3) is 6.79. The normalized spacial score (nSPS) is 11.1. The molecule has 0 aliphatic carbocycles. The minimum atomic E-state index is -1.44. The first kappa shape index (κ1) is 15.4. The zero-order valence-corrected chi connectivity index (χ0v) is 15.3. The van der Waals surface area contributed by atoms with Gasteiger partial charge in [-0.2, -0.15) is 0 Å². The number of nitrogens with zero attached hydrogens (tertiary/aromatic N) is 1. The predicted octanol–water partition coefficient (Wildman–Crippen LogP) is -0.958. The Morgan fingerprint density at radius 1 is 1.38 bits per heavy atom. The van der Waals surface area contributed by atoms with Crippen LogP contribution in [-0.2, 0) is 30.9 Å². The molecule has 16 heavy (non-hydrogen) atoms. The monoisotopic (exact) mass is 411 g/mol. The maximum atomic E-state index is 9.34. The summed E-state index contributed by atoms with van der Waals surface area (Å²) in [5, 5.41) is 17.3. The molecule has 0 radical (unpaired) electrons. The van der Waals surface area contributed by atoms with Crippen LogP contribution in [0.1, 0.15) is 6.92 Å². The second kappa shape index (κ2) is 7.62. The number of aliphatic carboxylic acids is 1. The molecule has 5 heteroatoms. The predicted molar refractivity (Wildman–Crippen MR) is 57.1 cm³/mol. The molecular formula is C11H15HgNO3. The molecule has 0 amide bonds. The molecule has 1 aromatic rings. The number of rotatable bonds is 2. The number of carbonyl (C=O) groups excluding carboxylic acids is 1. The molecule has 1 rings (SSSR count). The number of hydrogen-bond donors (Lipinski definition) is 1. The molecule has 0 saturated heterocycles. The van der Waals surface area contributed by atoms with Crippen LogP contribution in [0, 0.1) is 0 Å². The Labute approximate surface area is 112 Å². The average molecular weight is 410 g/mol. The molecule has 0 fully saturated rings. The molecule has 0 aromatic heterocycles. The molecule has 4 nitrogen and oxygen atoms in total. The molecule has 0 spiro atoms. The van der Waals surface area contributed by atoms with E-state index in [4.69, 9.17) is 5.11 Å². The Morgan fingerprint density at radius 3 is 2.00 bits per heavy atom. The molecule has 0 heterocycles. The van der Waals surface area contributed by atoms with Crippen molar-refractivity contribution in [1.82, 2.24) is 0 Å². The van der Waals surface area contributed by atoms with E-state index in [2.05, 4.69) is 43.3 Å². The number of anilines is 1. The van der Waals surface area contributed by atoms with Crippen LogP contribution < -0.4 is 13.1 Å². The van der Waals surface area contributed by atoms with E-state index < -0.39 is 12.1 Å². The average Bonchev–Trinajstić information content (AvgIpc) is 2.19. The third-order valence-electron chi connectivity index (χ3n) is 1.79. The quantitative estimate of drug-likeness (QED) is 0.639. The van der Waals surface area contributed by atoms with Gasteiger partial charge in [0.15, 0.2) is 0 Å². The summed E-state index contributed by atoms with van der Waals surface area (Å²) in [4.78, 5) is 11.5. The van der Waals surface area contributed by atoms with Gasteiger partial charge in [0.2, 0.25) is 0 Å². The Kier molecular flexibility index (Phi) is 7.33. The number of aliphatic hydroxyl groups excluding tert-OH is 1. The molecule has 0 saturated carbocycles. The van der Waals surface area contributed by atoms with Crippen molar-refractivity contribution in [3.8, 4) is 0 Å². The van der Waals surface area contributed by atoms with E-state index in [0.717, 1.165) is 33.0 Å². The number of carboxylic acid groups (broad SMARTS) is 1. The third-order valence-corrected chi connectivity index (χ3v) is 3.63. The molecule has 0 aliphatic heterocycles. The van der Waals surface area contributed by atoms with Crippen LogP contribution in [0.3, 0.4) is 0 Å². The summed E-state index contributed by atoms with van der Waals surface area (Å²) in [5.74, 6) is -1.44. The van der Waals surface area contributed by atoms with Crippen molar-refractivity contribution >= 4 is 14.7 Å². The first-order valence-electron chi connectivity index (χ1n) is 4.83. The van der Waals surface area contributed by atoms with Gasteiger partial charge >= 0.3 is 78.1 Å². The number of benzene rings is 1. The van der Waals surface area contributed by atoms with Gasteiger partial charge in [0.1, 0.15) is 0 Å². The number of hydrogen-bond acceptors (Lipinski definition) is 4. The number of carbonyl (C=O) groups is 1. The zero-order chi connectivity index (χ0) is 12.7. The molecular weight excluding hydrogens is 395 g/mol. The number of carboxylic acids is 1. The summed E-state index contributed by atoms with van der Waals surface area (Å²) in [6.07, 6.45) is -1.34. The van der Waals surface area contributed by atoms with E-state index in [1.807, 2.05) is 0 Å². The zero-order valence-electron chi connectivity index (χ0n) is 9.80. The first-order chi connectivity index (χ1) is 7.34. The van der Waals surface area contributed by atoms with E-state index >= 15 is 0 Å². The van der Waals surface area contributed by atoms with Gasteiger partial charge in [0.25, 0.3) is 0 Å². The maximum absolute atomic E-state index is 9.34. The molecule has 0 aliphatic rings. The molecule has 1 N–H and O–H groups in total. The molecule has 0 bridgehead atoms. The van der Waals surface area contributed by atoms with Crippen LogP contribution in [0.2, 0.25) is 0 Å². The summed E-state index contributed by atoms with van der Waals surface area (Å²) in [7, 11) is 4.12. The first-order valence-corrected chi connectivity index (χ1v) is 7.57. The number of aliphatic hydroxyl groups is 1. The standard InChI is InChI=1S/C8H10N.C3H6O3.Hg/c1-9(2)8-6-4-3-5-7-8;1-2(4)3(5)6;/h4-7H,1-2H3;2,4H,1H3,(H,5,6);/q;;+1/p-1. The topological polar surface area (TPSA) is 63.6 Å². The summed E-state index contributed by atoms with van der Waals surface area (Å²) in [6, 6.07) is 8.75. The van der Waals surface area contributed by atoms with Crippen molar-refractivity contribution < 1.29 is 41.1 Å². The van der Waals surface area contributed by atoms with Crippen LogP contribution in [0.25, 0.3) is 0 Å². The van der Waals surface area contributed by atoms with Crippen LogP contribution in [0.15, 0.2) is 24.3 Å². The van der Waals surface area contributed by atoms with Crippen LogP contribution >= 0.6 is 0 Å². The van der Waals surface area contributed by atoms with Crippen molar-refractivity contribution in [3.05, 3.63) is 24.3 Å². The van der Waals surface area contributed by atoms with Gasteiger partial charge in [0, 0.05) is 0 Å². The van der Waals surface area contributed by atoms with Gasteiger partial charge in [-0.05, 0) is 6.92 Å². The fraction of sp³-hybridized carbons (Fsp3) is 0.364. The molecule has 84 valence electrons. The second-order valence-electron chi connectivity index (χ2n) is 3.56. The van der Waals surface area contributed by atoms with Crippen molar-refractivity contribution in [2.75, 3.05) is 19.0 Å². The van der Waals surface area contributed by atoms with Gasteiger partial charge in [-0.25, -0.2) is 0 Å². The second-order valence-corrected chi connectivity index (χ2v) is 6.73. The molecule has 1 atom stereocenters. The fourth-order valence-electron chi connectivity index (χ4n) is 0.794. The molecule has 1 unspecified atom stereocenters. The van der Waals surface area contributed by atoms with Gasteiger partial charge < -0.3 is 15.0 Å². The minimum absolute atomic E-state index is 0.770. The summed E-state index contributed by atoms with van der Waals surface area (Å²) in [5.41, 5.74) is 1.29. The van der Waals surface area contributed by atoms with E-state index in [0.29, 0.717) is 0 Å². The van der Waals surface area contributed by atoms with Crippen LogP contribution in [-0.4, -0.2) is 31.3 Å². The Bertz CT molecular complexity index is 323. The van der Waals surface area contributed by atoms with Gasteiger partial charge in [-0.15, -0.1) is 0 Å². The van der Waals surface area contributed by atoms with Crippen molar-refractivity contribution in [2.24, 2.45) is 0 Å². The van der Waals surface area contributed by atoms with Crippen molar-refractivity contribution in [2.45, 2.75) is 13.0 Å². The van der Waals surface area contributed by atoms with Crippen LogP contribution in [0.5, 0.6) is 0 Å². The Morgan fingerprint density at radius 2 is 1.75 bits per heavy atom. The fourth-order valence-corrected chi connectivity index (χ4v) is 1.71. The van der Waals surface area contributed by atoms with Crippen molar-refractivity contribution in [1.29, 1.82) is 0 Å². The Balaban J connectivity index is 0.000000325. The van der Waals surface area contributed by atoms with Gasteiger partial charge in [-0.1, -0.05) is 0 Å². The van der Waals surface area contributed by atoms with E-state index in [1.165, 1.54) is 8.76 Å². The van der Waals surface area contributed by atoms with Gasteiger partial charge in [-0.3, -0.25) is 0 Å². The van der Waals surface area contributed by atoms with E-state index in [-0.39, 0.29) is 0 Å². The molecule has 1 aromatic carbocycles. The SMILES string of the molecule is CC(O)C(=O)[O-].CN(C)c1cc[c]([Hg+])cc1. The van der Waals surface area contributed by atoms with Crippen LogP contribution in [0.4, 0.5) is 5.69 Å². The Hall–Kier alpha value is -0.615. The van der Waals surface area contributed by atoms with E-state index in [1.54, 1.807) is 0 Å². The van der Waals surface area contributed by atoms with E-state index in [9.17, 15) is 9.90 Å².